The Morgan fingerprint density at radius 2 is 1.80 bits per heavy atom. The van der Waals surface area contributed by atoms with Crippen LogP contribution in [0.25, 0.3) is 0 Å². The maximum atomic E-state index is 13.9. The summed E-state index contributed by atoms with van der Waals surface area (Å²) >= 11 is 0. The lowest BCUT2D eigenvalue weighted by molar-refractivity contribution is 0.0456. The summed E-state index contributed by atoms with van der Waals surface area (Å²) in [7, 11) is 0. The summed E-state index contributed by atoms with van der Waals surface area (Å²) in [6.07, 6.45) is 7.82. The van der Waals surface area contributed by atoms with E-state index in [2.05, 4.69) is 15.5 Å². The van der Waals surface area contributed by atoms with Gasteiger partial charge in [0.15, 0.2) is 11.4 Å². The van der Waals surface area contributed by atoms with E-state index in [1.807, 2.05) is 0 Å². The number of carbonyl (C=O) groups is 2. The van der Waals surface area contributed by atoms with Crippen molar-refractivity contribution in [3.8, 4) is 5.75 Å². The van der Waals surface area contributed by atoms with E-state index in [4.69, 9.17) is 0 Å². The number of rotatable bonds is 9. The first-order chi connectivity index (χ1) is 19.3. The standard InChI is InChI=1S/C29H37F2N5O4/c30-21-8-7-19(23(31)15-21)17-33-28(39)22-18-35-13-14-36(29(40)25(35)27(38)26(22)37)24-6-2-1-5-20(24)16-32-9-12-34-10-3-4-11-34/h7-8,15,18,20,24,32,38H,1-6,9-14,16-17H2,(H,33,39). The summed E-state index contributed by atoms with van der Waals surface area (Å²) in [5.74, 6) is -3.26. The molecule has 1 aliphatic carbocycles. The molecule has 0 bridgehead atoms. The molecule has 3 aliphatic rings. The summed E-state index contributed by atoms with van der Waals surface area (Å²) < 4.78 is 28.5. The smallest absolute Gasteiger partial charge is 0.274 e. The molecule has 3 heterocycles. The molecule has 2 aliphatic heterocycles. The Balaban J connectivity index is 1.26. The molecule has 1 saturated carbocycles. The average molecular weight is 558 g/mol. The van der Waals surface area contributed by atoms with Crippen LogP contribution in [0.5, 0.6) is 5.75 Å². The summed E-state index contributed by atoms with van der Waals surface area (Å²) in [4.78, 5) is 43.6. The molecule has 3 N–H and O–H groups in total. The molecule has 2 fully saturated rings. The van der Waals surface area contributed by atoms with Crippen molar-refractivity contribution < 1.29 is 23.5 Å². The van der Waals surface area contributed by atoms with Crippen LogP contribution in [0.3, 0.4) is 0 Å². The summed E-state index contributed by atoms with van der Waals surface area (Å²) in [6, 6.07) is 3.00. The van der Waals surface area contributed by atoms with Gasteiger partial charge in [-0.05, 0) is 57.3 Å². The third kappa shape index (κ3) is 6.05. The molecule has 40 heavy (non-hydrogen) atoms. The van der Waals surface area contributed by atoms with Crippen LogP contribution in [0, 0.1) is 17.6 Å². The van der Waals surface area contributed by atoms with E-state index in [-0.39, 0.29) is 35.3 Å². The number of benzene rings is 1. The molecular formula is C29H37F2N5O4. The van der Waals surface area contributed by atoms with Gasteiger partial charge < -0.3 is 30.1 Å². The third-order valence-electron chi connectivity index (χ3n) is 8.48. The zero-order valence-electron chi connectivity index (χ0n) is 22.6. The molecule has 11 heteroatoms. The number of aromatic hydroxyl groups is 1. The zero-order valence-corrected chi connectivity index (χ0v) is 22.6. The predicted molar refractivity (Wildman–Crippen MR) is 145 cm³/mol. The second-order valence-corrected chi connectivity index (χ2v) is 11.0. The minimum absolute atomic E-state index is 0.0115. The summed E-state index contributed by atoms with van der Waals surface area (Å²) in [5.41, 5.74) is -1.36. The van der Waals surface area contributed by atoms with Gasteiger partial charge in [-0.1, -0.05) is 18.9 Å². The highest BCUT2D eigenvalue weighted by Crippen LogP contribution is 2.32. The minimum atomic E-state index is -0.956. The minimum Gasteiger partial charge on any atom is -0.503 e. The van der Waals surface area contributed by atoms with Crippen LogP contribution in [0.2, 0.25) is 0 Å². The molecule has 2 unspecified atom stereocenters. The lowest BCUT2D eigenvalue weighted by Gasteiger charge is -2.42. The molecule has 5 rings (SSSR count). The van der Waals surface area contributed by atoms with Crippen molar-refractivity contribution in [2.45, 2.75) is 57.7 Å². The van der Waals surface area contributed by atoms with Crippen molar-refractivity contribution in [2.24, 2.45) is 5.92 Å². The highest BCUT2D eigenvalue weighted by atomic mass is 19.1. The predicted octanol–water partition coefficient (Wildman–Crippen LogP) is 2.46. The van der Waals surface area contributed by atoms with Gasteiger partial charge in [-0.2, -0.15) is 0 Å². The fourth-order valence-electron chi connectivity index (χ4n) is 6.28. The van der Waals surface area contributed by atoms with Crippen molar-refractivity contribution in [2.75, 3.05) is 39.3 Å². The van der Waals surface area contributed by atoms with Crippen molar-refractivity contribution in [1.82, 2.24) is 25.0 Å². The number of hydrogen-bond acceptors (Lipinski definition) is 6. The van der Waals surface area contributed by atoms with Crippen molar-refractivity contribution >= 4 is 11.8 Å². The van der Waals surface area contributed by atoms with E-state index in [1.165, 1.54) is 29.7 Å². The molecular weight excluding hydrogens is 520 g/mol. The molecule has 2 atom stereocenters. The number of carbonyl (C=O) groups excluding carboxylic acids is 2. The first-order valence-electron chi connectivity index (χ1n) is 14.3. The maximum absolute atomic E-state index is 13.9. The zero-order chi connectivity index (χ0) is 28.2. The number of hydrogen-bond donors (Lipinski definition) is 3. The summed E-state index contributed by atoms with van der Waals surface area (Å²) in [6.45, 7) is 5.54. The van der Waals surface area contributed by atoms with Crippen LogP contribution in [0.15, 0.2) is 29.2 Å². The van der Waals surface area contributed by atoms with Crippen LogP contribution in [0.4, 0.5) is 8.78 Å². The Bertz CT molecular complexity index is 1310. The Morgan fingerprint density at radius 3 is 2.58 bits per heavy atom. The van der Waals surface area contributed by atoms with Crippen molar-refractivity contribution in [3.05, 3.63) is 63.1 Å². The highest BCUT2D eigenvalue weighted by Gasteiger charge is 2.38. The quantitative estimate of drug-likeness (QED) is 0.409. The fraction of sp³-hybridized carbons (Fsp3) is 0.552. The van der Waals surface area contributed by atoms with Gasteiger partial charge in [-0.3, -0.25) is 14.4 Å². The number of fused-ring (bicyclic) bond motifs is 1. The lowest BCUT2D eigenvalue weighted by Crippen LogP contribution is -2.53. The van der Waals surface area contributed by atoms with Gasteiger partial charge in [0.1, 0.15) is 17.2 Å². The third-order valence-corrected chi connectivity index (χ3v) is 8.48. The molecule has 2 amide bonds. The summed E-state index contributed by atoms with van der Waals surface area (Å²) in [5, 5.41) is 16.8. The number of nitrogens with one attached hydrogen (secondary N) is 2. The topological polar surface area (TPSA) is 107 Å². The van der Waals surface area contributed by atoms with E-state index in [9.17, 15) is 28.3 Å². The maximum Gasteiger partial charge on any atom is 0.274 e. The second kappa shape index (κ2) is 12.5. The van der Waals surface area contributed by atoms with Crippen LogP contribution >= 0.6 is 0 Å². The lowest BCUT2D eigenvalue weighted by atomic mass is 9.83. The molecule has 9 nitrogen and oxygen atoms in total. The molecule has 0 spiro atoms. The van der Waals surface area contributed by atoms with Gasteiger partial charge in [0.25, 0.3) is 11.8 Å². The Labute approximate surface area is 232 Å². The van der Waals surface area contributed by atoms with Gasteiger partial charge >= 0.3 is 0 Å². The van der Waals surface area contributed by atoms with Gasteiger partial charge in [-0.25, -0.2) is 8.78 Å². The van der Waals surface area contributed by atoms with Crippen LogP contribution in [0.1, 0.15) is 64.9 Å². The van der Waals surface area contributed by atoms with Gasteiger partial charge in [0.05, 0.1) is 0 Å². The van der Waals surface area contributed by atoms with Crippen LogP contribution < -0.4 is 16.1 Å². The van der Waals surface area contributed by atoms with E-state index >= 15 is 0 Å². The monoisotopic (exact) mass is 557 g/mol. The molecule has 216 valence electrons. The number of halogens is 2. The van der Waals surface area contributed by atoms with Gasteiger partial charge in [-0.15, -0.1) is 0 Å². The molecule has 1 aromatic heterocycles. The van der Waals surface area contributed by atoms with E-state index in [0.29, 0.717) is 19.2 Å². The Morgan fingerprint density at radius 1 is 1.02 bits per heavy atom. The molecule has 2 aromatic rings. The first kappa shape index (κ1) is 28.2. The van der Waals surface area contributed by atoms with E-state index in [1.54, 1.807) is 4.90 Å². The number of nitrogens with zero attached hydrogens (tertiary/aromatic N) is 3. The first-order valence-corrected chi connectivity index (χ1v) is 14.3. The molecule has 1 saturated heterocycles. The molecule has 0 radical (unpaired) electrons. The van der Waals surface area contributed by atoms with E-state index in [0.717, 1.165) is 64.5 Å². The van der Waals surface area contributed by atoms with Crippen LogP contribution in [-0.4, -0.2) is 76.6 Å². The second-order valence-electron chi connectivity index (χ2n) is 11.0. The SMILES string of the molecule is O=C(NCc1ccc(F)cc1F)c1cn2c(c(O)c1=O)C(=O)N(C1CCCCC1CNCCN1CCCC1)CC2. The number of pyridine rings is 1. The highest BCUT2D eigenvalue weighted by molar-refractivity contribution is 5.99. The average Bonchev–Trinajstić information content (AvgIpc) is 3.46. The fourth-order valence-corrected chi connectivity index (χ4v) is 6.28. The Hall–Kier alpha value is -3.31. The van der Waals surface area contributed by atoms with Crippen LogP contribution in [-0.2, 0) is 13.1 Å². The van der Waals surface area contributed by atoms with Crippen molar-refractivity contribution in [1.29, 1.82) is 0 Å². The number of amides is 2. The number of likely N-dealkylation sites (tertiary alicyclic amines) is 1. The van der Waals surface area contributed by atoms with E-state index < -0.39 is 34.6 Å². The van der Waals surface area contributed by atoms with Crippen molar-refractivity contribution in [3.63, 3.8) is 0 Å². The normalized spacial score (nSPS) is 21.4. The van der Waals surface area contributed by atoms with Gasteiger partial charge in [0, 0.05) is 56.6 Å². The van der Waals surface area contributed by atoms with Gasteiger partial charge in [0.2, 0.25) is 5.43 Å². The molecule has 1 aromatic carbocycles. The number of aromatic nitrogens is 1. The largest absolute Gasteiger partial charge is 0.503 e. The Kier molecular flexibility index (Phi) is 8.80.